The van der Waals surface area contributed by atoms with Crippen LogP contribution in [0.1, 0.15) is 5.56 Å². The van der Waals surface area contributed by atoms with Gasteiger partial charge < -0.3 is 18.9 Å². The van der Waals surface area contributed by atoms with Crippen LogP contribution in [-0.4, -0.2) is 40.3 Å². The average Bonchev–Trinajstić information content (AvgIpc) is 2.35. The largest absolute Gasteiger partial charge is 0.468 e. The van der Waals surface area contributed by atoms with Crippen molar-refractivity contribution in [2.75, 3.05) is 40.3 Å². The fourth-order valence-corrected chi connectivity index (χ4v) is 1.17. The summed E-state index contributed by atoms with van der Waals surface area (Å²) in [5.74, 6) is 0.816. The van der Waals surface area contributed by atoms with Crippen LogP contribution >= 0.6 is 0 Å². The molecule has 1 aromatic carbocycles. The molecule has 1 rings (SSSR count). The van der Waals surface area contributed by atoms with Crippen LogP contribution in [0.5, 0.6) is 5.75 Å². The predicted molar refractivity (Wildman–Crippen MR) is 65.3 cm³/mol. The van der Waals surface area contributed by atoms with E-state index in [4.69, 9.17) is 18.9 Å². The second-order valence-corrected chi connectivity index (χ2v) is 3.59. The van der Waals surface area contributed by atoms with Crippen LogP contribution in [0, 0.1) is 6.92 Å². The maximum atomic E-state index is 5.39. The highest BCUT2D eigenvalue weighted by atomic mass is 16.7. The summed E-state index contributed by atoms with van der Waals surface area (Å²) < 4.78 is 20.7. The fraction of sp³-hybridized carbons (Fsp3) is 0.538. The molecule has 4 heteroatoms. The highest BCUT2D eigenvalue weighted by molar-refractivity contribution is 5.26. The van der Waals surface area contributed by atoms with Crippen molar-refractivity contribution >= 4 is 0 Å². The van der Waals surface area contributed by atoms with E-state index in [1.54, 1.807) is 7.11 Å². The molecule has 0 aliphatic rings. The molecule has 0 spiro atoms. The Labute approximate surface area is 102 Å². The number of methoxy groups -OCH3 is 1. The van der Waals surface area contributed by atoms with Crippen LogP contribution in [0.2, 0.25) is 0 Å². The fourth-order valence-electron chi connectivity index (χ4n) is 1.17. The summed E-state index contributed by atoms with van der Waals surface area (Å²) in [5.41, 5.74) is 1.21. The first-order chi connectivity index (χ1) is 8.33. The second kappa shape index (κ2) is 8.98. The maximum Gasteiger partial charge on any atom is 0.189 e. The van der Waals surface area contributed by atoms with Gasteiger partial charge >= 0.3 is 0 Å². The summed E-state index contributed by atoms with van der Waals surface area (Å²) in [4.78, 5) is 0. The zero-order valence-electron chi connectivity index (χ0n) is 10.5. The van der Waals surface area contributed by atoms with Crippen molar-refractivity contribution < 1.29 is 18.9 Å². The van der Waals surface area contributed by atoms with Crippen molar-refractivity contribution in [2.24, 2.45) is 0 Å². The van der Waals surface area contributed by atoms with Crippen molar-refractivity contribution in [3.8, 4) is 5.75 Å². The quantitative estimate of drug-likeness (QED) is 0.489. The van der Waals surface area contributed by atoms with Gasteiger partial charge in [0.25, 0.3) is 0 Å². The molecule has 1 aromatic rings. The minimum absolute atomic E-state index is 0.247. The monoisotopic (exact) mass is 240 g/mol. The summed E-state index contributed by atoms with van der Waals surface area (Å²) in [6.07, 6.45) is 0. The lowest BCUT2D eigenvalue weighted by Crippen LogP contribution is -2.11. The predicted octanol–water partition coefficient (Wildman–Crippen LogP) is 2.01. The molecule has 0 atom stereocenters. The Hall–Kier alpha value is -1.10. The molecular formula is C13H20O4. The molecule has 0 saturated carbocycles. The van der Waals surface area contributed by atoms with Gasteiger partial charge in [-0.25, -0.2) is 0 Å². The summed E-state index contributed by atoms with van der Waals surface area (Å²) in [6, 6.07) is 7.86. The number of benzene rings is 1. The molecule has 0 radical (unpaired) electrons. The Kier molecular flexibility index (Phi) is 7.38. The normalized spacial score (nSPS) is 10.5. The van der Waals surface area contributed by atoms with E-state index in [1.165, 1.54) is 5.56 Å². The molecule has 0 N–H and O–H groups in total. The summed E-state index contributed by atoms with van der Waals surface area (Å²) >= 11 is 0. The van der Waals surface area contributed by atoms with E-state index < -0.39 is 0 Å². The number of aryl methyl sites for hydroxylation is 1. The Bertz CT molecular complexity index is 284. The topological polar surface area (TPSA) is 36.9 Å². The van der Waals surface area contributed by atoms with Crippen molar-refractivity contribution in [3.63, 3.8) is 0 Å². The Morgan fingerprint density at radius 3 is 2.24 bits per heavy atom. The van der Waals surface area contributed by atoms with Gasteiger partial charge in [-0.3, -0.25) is 0 Å². The molecule has 0 heterocycles. The van der Waals surface area contributed by atoms with E-state index in [9.17, 15) is 0 Å². The first-order valence-electron chi connectivity index (χ1n) is 5.67. The van der Waals surface area contributed by atoms with Gasteiger partial charge in [0.15, 0.2) is 6.79 Å². The second-order valence-electron chi connectivity index (χ2n) is 3.59. The highest BCUT2D eigenvalue weighted by Crippen LogP contribution is 2.10. The summed E-state index contributed by atoms with van der Waals surface area (Å²) in [6.45, 7) is 4.57. The van der Waals surface area contributed by atoms with Gasteiger partial charge in [0.05, 0.1) is 26.4 Å². The van der Waals surface area contributed by atoms with E-state index in [0.717, 1.165) is 5.75 Å². The Morgan fingerprint density at radius 2 is 1.53 bits per heavy atom. The van der Waals surface area contributed by atoms with Gasteiger partial charge in [-0.2, -0.15) is 0 Å². The lowest BCUT2D eigenvalue weighted by Gasteiger charge is -2.07. The molecule has 0 aliphatic carbocycles. The van der Waals surface area contributed by atoms with Crippen molar-refractivity contribution in [3.05, 3.63) is 29.8 Å². The van der Waals surface area contributed by atoms with Crippen molar-refractivity contribution in [2.45, 2.75) is 6.92 Å². The smallest absolute Gasteiger partial charge is 0.189 e. The third-order valence-corrected chi connectivity index (χ3v) is 2.13. The standard InChI is InChI=1S/C13H20O4/c1-12-3-5-13(6-4-12)17-11-16-10-9-15-8-7-14-2/h3-6H,7-11H2,1-2H3. The van der Waals surface area contributed by atoms with E-state index >= 15 is 0 Å². The van der Waals surface area contributed by atoms with Crippen LogP contribution in [0.4, 0.5) is 0 Å². The molecule has 0 unspecified atom stereocenters. The molecule has 17 heavy (non-hydrogen) atoms. The first-order valence-corrected chi connectivity index (χ1v) is 5.67. The summed E-state index contributed by atoms with van der Waals surface area (Å²) in [5, 5.41) is 0. The van der Waals surface area contributed by atoms with Gasteiger partial charge in [-0.05, 0) is 19.1 Å². The third kappa shape index (κ3) is 6.94. The van der Waals surface area contributed by atoms with Gasteiger partial charge in [-0.1, -0.05) is 17.7 Å². The first kappa shape index (κ1) is 14.0. The average molecular weight is 240 g/mol. The summed E-state index contributed by atoms with van der Waals surface area (Å²) in [7, 11) is 1.65. The van der Waals surface area contributed by atoms with Gasteiger partial charge in [0.1, 0.15) is 5.75 Å². The van der Waals surface area contributed by atoms with Crippen molar-refractivity contribution in [1.29, 1.82) is 0 Å². The number of rotatable bonds is 9. The molecule has 4 nitrogen and oxygen atoms in total. The molecule has 0 bridgehead atoms. The number of hydrogen-bond acceptors (Lipinski definition) is 4. The van der Waals surface area contributed by atoms with Gasteiger partial charge in [0.2, 0.25) is 0 Å². The molecule has 96 valence electrons. The molecule has 0 saturated heterocycles. The lowest BCUT2D eigenvalue weighted by molar-refractivity contribution is -0.0236. The molecule has 0 aliphatic heterocycles. The molecule has 0 amide bonds. The number of ether oxygens (including phenoxy) is 4. The van der Waals surface area contributed by atoms with E-state index in [-0.39, 0.29) is 6.79 Å². The van der Waals surface area contributed by atoms with Crippen molar-refractivity contribution in [1.82, 2.24) is 0 Å². The Balaban J connectivity index is 1.95. The van der Waals surface area contributed by atoms with E-state index in [2.05, 4.69) is 0 Å². The van der Waals surface area contributed by atoms with E-state index in [0.29, 0.717) is 26.4 Å². The minimum Gasteiger partial charge on any atom is -0.468 e. The lowest BCUT2D eigenvalue weighted by atomic mass is 10.2. The zero-order chi connectivity index (χ0) is 12.3. The maximum absolute atomic E-state index is 5.39. The van der Waals surface area contributed by atoms with Crippen LogP contribution in [0.25, 0.3) is 0 Å². The number of hydrogen-bond donors (Lipinski definition) is 0. The minimum atomic E-state index is 0.247. The molecule has 0 fully saturated rings. The molecule has 0 aromatic heterocycles. The molecular weight excluding hydrogens is 220 g/mol. The SMILES string of the molecule is COCCOCCOCOc1ccc(C)cc1. The van der Waals surface area contributed by atoms with Crippen LogP contribution < -0.4 is 4.74 Å². The van der Waals surface area contributed by atoms with Crippen LogP contribution in [-0.2, 0) is 14.2 Å². The van der Waals surface area contributed by atoms with Gasteiger partial charge in [-0.15, -0.1) is 0 Å². The van der Waals surface area contributed by atoms with Crippen LogP contribution in [0.3, 0.4) is 0 Å². The highest BCUT2D eigenvalue weighted by Gasteiger charge is 1.93. The Morgan fingerprint density at radius 1 is 0.882 bits per heavy atom. The van der Waals surface area contributed by atoms with Gasteiger partial charge in [0, 0.05) is 7.11 Å². The van der Waals surface area contributed by atoms with E-state index in [1.807, 2.05) is 31.2 Å². The zero-order valence-corrected chi connectivity index (χ0v) is 10.5. The third-order valence-electron chi connectivity index (χ3n) is 2.13. The van der Waals surface area contributed by atoms with Crippen LogP contribution in [0.15, 0.2) is 24.3 Å².